The van der Waals surface area contributed by atoms with Gasteiger partial charge in [0.25, 0.3) is 0 Å². The van der Waals surface area contributed by atoms with Gasteiger partial charge < -0.3 is 14.6 Å². The Kier molecular flexibility index (Phi) is 5.60. The van der Waals surface area contributed by atoms with Gasteiger partial charge in [-0.2, -0.15) is 0 Å². The molecule has 25 heavy (non-hydrogen) atoms. The van der Waals surface area contributed by atoms with Gasteiger partial charge in [-0.25, -0.2) is 4.98 Å². The van der Waals surface area contributed by atoms with E-state index in [-0.39, 0.29) is 5.91 Å². The summed E-state index contributed by atoms with van der Waals surface area (Å²) in [5.74, 6) is 1.15. The van der Waals surface area contributed by atoms with Crippen molar-refractivity contribution < 1.29 is 9.53 Å². The van der Waals surface area contributed by atoms with Gasteiger partial charge in [-0.3, -0.25) is 4.79 Å². The zero-order chi connectivity index (χ0) is 17.6. The molecule has 0 saturated heterocycles. The van der Waals surface area contributed by atoms with Crippen molar-refractivity contribution in [2.24, 2.45) is 0 Å². The molecule has 2 aromatic carbocycles. The highest BCUT2D eigenvalue weighted by atomic mass is 32.2. The molecule has 0 aliphatic carbocycles. The number of aryl methyl sites for hydroxylation is 1. The topological polar surface area (TPSA) is 56.2 Å². The minimum Gasteiger partial charge on any atom is -0.497 e. The van der Waals surface area contributed by atoms with Gasteiger partial charge in [0.05, 0.1) is 23.9 Å². The summed E-state index contributed by atoms with van der Waals surface area (Å²) >= 11 is 1.47. The number of ether oxygens (including phenoxy) is 1. The number of thioether (sulfide) groups is 1. The molecule has 0 aliphatic heterocycles. The van der Waals surface area contributed by atoms with Gasteiger partial charge in [0.15, 0.2) is 5.16 Å². The van der Waals surface area contributed by atoms with Crippen LogP contribution in [0.1, 0.15) is 12.5 Å². The van der Waals surface area contributed by atoms with Crippen LogP contribution in [0.2, 0.25) is 0 Å². The Balaban J connectivity index is 1.57. The Morgan fingerprint density at radius 3 is 2.68 bits per heavy atom. The van der Waals surface area contributed by atoms with Gasteiger partial charge in [-0.15, -0.1) is 0 Å². The van der Waals surface area contributed by atoms with Gasteiger partial charge in [0.1, 0.15) is 5.75 Å². The average Bonchev–Trinajstić information content (AvgIpc) is 3.02. The number of rotatable bonds is 7. The molecule has 130 valence electrons. The van der Waals surface area contributed by atoms with Crippen molar-refractivity contribution in [1.82, 2.24) is 14.9 Å². The number of amides is 1. The molecular formula is C19H21N3O2S. The highest BCUT2D eigenvalue weighted by Gasteiger charge is 2.11. The highest BCUT2D eigenvalue weighted by Crippen LogP contribution is 2.23. The fourth-order valence-electron chi connectivity index (χ4n) is 2.59. The molecule has 0 aliphatic rings. The SMILES string of the molecule is CCn1c(SCC(=O)NCc2ccc(OC)cc2)nc2ccccc21. The van der Waals surface area contributed by atoms with Crippen LogP contribution in [-0.4, -0.2) is 28.3 Å². The normalized spacial score (nSPS) is 10.8. The van der Waals surface area contributed by atoms with Gasteiger partial charge in [-0.1, -0.05) is 36.0 Å². The van der Waals surface area contributed by atoms with Crippen molar-refractivity contribution in [2.75, 3.05) is 12.9 Å². The predicted molar refractivity (Wildman–Crippen MR) is 101 cm³/mol. The maximum Gasteiger partial charge on any atom is 0.230 e. The van der Waals surface area contributed by atoms with E-state index in [0.29, 0.717) is 12.3 Å². The average molecular weight is 355 g/mol. The molecule has 5 nitrogen and oxygen atoms in total. The van der Waals surface area contributed by atoms with Crippen LogP contribution in [0.5, 0.6) is 5.75 Å². The summed E-state index contributed by atoms with van der Waals surface area (Å²) in [6, 6.07) is 15.7. The zero-order valence-electron chi connectivity index (χ0n) is 14.4. The molecule has 1 amide bonds. The van der Waals surface area contributed by atoms with E-state index in [1.54, 1.807) is 7.11 Å². The Labute approximate surface area is 151 Å². The van der Waals surface area contributed by atoms with Crippen LogP contribution in [0.4, 0.5) is 0 Å². The van der Waals surface area contributed by atoms with E-state index in [2.05, 4.69) is 27.9 Å². The molecule has 0 atom stereocenters. The maximum atomic E-state index is 12.1. The van der Waals surface area contributed by atoms with E-state index in [4.69, 9.17) is 4.74 Å². The fourth-order valence-corrected chi connectivity index (χ4v) is 3.50. The first-order chi connectivity index (χ1) is 12.2. The molecule has 1 N–H and O–H groups in total. The molecule has 6 heteroatoms. The summed E-state index contributed by atoms with van der Waals surface area (Å²) < 4.78 is 7.26. The Bertz CT molecular complexity index is 859. The minimum absolute atomic E-state index is 0.00414. The summed E-state index contributed by atoms with van der Waals surface area (Å²) in [5.41, 5.74) is 3.11. The van der Waals surface area contributed by atoms with Crippen molar-refractivity contribution in [3.8, 4) is 5.75 Å². The number of carbonyl (C=O) groups is 1. The van der Waals surface area contributed by atoms with Crippen LogP contribution in [0.25, 0.3) is 11.0 Å². The van der Waals surface area contributed by atoms with Gasteiger partial charge in [0, 0.05) is 13.1 Å². The third-order valence-electron chi connectivity index (χ3n) is 3.92. The van der Waals surface area contributed by atoms with E-state index in [1.165, 1.54) is 11.8 Å². The Morgan fingerprint density at radius 1 is 1.20 bits per heavy atom. The summed E-state index contributed by atoms with van der Waals surface area (Å²) in [6.07, 6.45) is 0. The fraction of sp³-hybridized carbons (Fsp3) is 0.263. The molecule has 0 unspecified atom stereocenters. The van der Waals surface area contributed by atoms with Gasteiger partial charge in [0.2, 0.25) is 5.91 Å². The number of hydrogen-bond acceptors (Lipinski definition) is 4. The summed E-state index contributed by atoms with van der Waals surface area (Å²) in [4.78, 5) is 16.8. The lowest BCUT2D eigenvalue weighted by Gasteiger charge is -2.07. The number of aromatic nitrogens is 2. The first-order valence-electron chi connectivity index (χ1n) is 8.19. The van der Waals surface area contributed by atoms with Crippen LogP contribution < -0.4 is 10.1 Å². The number of benzene rings is 2. The van der Waals surface area contributed by atoms with Crippen molar-refractivity contribution >= 4 is 28.7 Å². The summed E-state index contributed by atoms with van der Waals surface area (Å²) in [6.45, 7) is 3.42. The standard InChI is InChI=1S/C19H21N3O2S/c1-3-22-17-7-5-4-6-16(17)21-19(22)25-13-18(23)20-12-14-8-10-15(24-2)11-9-14/h4-11H,3,12-13H2,1-2H3,(H,20,23). The molecule has 0 saturated carbocycles. The number of carbonyl (C=O) groups excluding carboxylic acids is 1. The molecule has 3 rings (SSSR count). The van der Waals surface area contributed by atoms with E-state index in [0.717, 1.165) is 34.0 Å². The third kappa shape index (κ3) is 4.14. The molecule has 0 spiro atoms. The smallest absolute Gasteiger partial charge is 0.230 e. The molecule has 1 aromatic heterocycles. The van der Waals surface area contributed by atoms with E-state index in [1.807, 2.05) is 42.5 Å². The predicted octanol–water partition coefficient (Wildman–Crippen LogP) is 3.47. The second kappa shape index (κ2) is 8.07. The first-order valence-corrected chi connectivity index (χ1v) is 9.17. The van der Waals surface area contributed by atoms with Crippen molar-refractivity contribution in [1.29, 1.82) is 0 Å². The van der Waals surface area contributed by atoms with Crippen LogP contribution in [-0.2, 0) is 17.9 Å². The van der Waals surface area contributed by atoms with Crippen LogP contribution in [0, 0.1) is 0 Å². The van der Waals surface area contributed by atoms with Crippen LogP contribution >= 0.6 is 11.8 Å². The number of nitrogens with one attached hydrogen (secondary N) is 1. The lowest BCUT2D eigenvalue weighted by molar-refractivity contribution is -0.118. The quantitative estimate of drug-likeness (QED) is 0.659. The largest absolute Gasteiger partial charge is 0.497 e. The van der Waals surface area contributed by atoms with Crippen molar-refractivity contribution in [3.63, 3.8) is 0 Å². The summed E-state index contributed by atoms with van der Waals surface area (Å²) in [5, 5.41) is 3.82. The molecule has 1 heterocycles. The number of para-hydroxylation sites is 2. The van der Waals surface area contributed by atoms with Crippen molar-refractivity contribution in [3.05, 3.63) is 54.1 Å². The van der Waals surface area contributed by atoms with E-state index in [9.17, 15) is 4.79 Å². The highest BCUT2D eigenvalue weighted by molar-refractivity contribution is 7.99. The zero-order valence-corrected chi connectivity index (χ0v) is 15.2. The number of fused-ring (bicyclic) bond motifs is 1. The first kappa shape index (κ1) is 17.4. The molecule has 0 radical (unpaired) electrons. The Hall–Kier alpha value is -2.47. The van der Waals surface area contributed by atoms with Crippen molar-refractivity contribution in [2.45, 2.75) is 25.2 Å². The van der Waals surface area contributed by atoms with Crippen LogP contribution in [0.15, 0.2) is 53.7 Å². The number of methoxy groups -OCH3 is 1. The maximum absolute atomic E-state index is 12.1. The minimum atomic E-state index is -0.00414. The Morgan fingerprint density at radius 2 is 1.96 bits per heavy atom. The number of hydrogen-bond donors (Lipinski definition) is 1. The number of imidazole rings is 1. The van der Waals surface area contributed by atoms with Crippen LogP contribution in [0.3, 0.4) is 0 Å². The van der Waals surface area contributed by atoms with Gasteiger partial charge in [-0.05, 0) is 36.8 Å². The monoisotopic (exact) mass is 355 g/mol. The second-order valence-electron chi connectivity index (χ2n) is 5.54. The summed E-state index contributed by atoms with van der Waals surface area (Å²) in [7, 11) is 1.64. The lowest BCUT2D eigenvalue weighted by atomic mass is 10.2. The van der Waals surface area contributed by atoms with E-state index < -0.39 is 0 Å². The number of nitrogens with zero attached hydrogens (tertiary/aromatic N) is 2. The molecule has 3 aromatic rings. The second-order valence-corrected chi connectivity index (χ2v) is 6.48. The molecule has 0 bridgehead atoms. The van der Waals surface area contributed by atoms with Gasteiger partial charge >= 0.3 is 0 Å². The van der Waals surface area contributed by atoms with E-state index >= 15 is 0 Å². The molecular weight excluding hydrogens is 334 g/mol. The molecule has 0 fully saturated rings. The third-order valence-corrected chi connectivity index (χ3v) is 4.89. The lowest BCUT2D eigenvalue weighted by Crippen LogP contribution is -2.24.